The van der Waals surface area contributed by atoms with Crippen molar-refractivity contribution < 1.29 is 13.6 Å². The summed E-state index contributed by atoms with van der Waals surface area (Å²) in [6.45, 7) is 4.00. The molecule has 2 rings (SSSR count). The van der Waals surface area contributed by atoms with Crippen LogP contribution in [0.2, 0.25) is 0 Å². The van der Waals surface area contributed by atoms with Crippen LogP contribution >= 0.6 is 0 Å². The number of nitrogens with two attached hydrogens (primary N) is 1. The molecule has 20 heavy (non-hydrogen) atoms. The number of rotatable bonds is 3. The number of amides is 1. The van der Waals surface area contributed by atoms with Gasteiger partial charge in [-0.1, -0.05) is 0 Å². The standard InChI is InChI=1S/C14H19F2N3O/c15-11-2-3-13(16)12(10-11)14(20)19-6-1-5-18(7-4-17)8-9-19/h2-3,10H,1,4-9,17H2. The van der Waals surface area contributed by atoms with E-state index in [0.29, 0.717) is 26.2 Å². The van der Waals surface area contributed by atoms with Crippen molar-refractivity contribution >= 4 is 5.91 Å². The lowest BCUT2D eigenvalue weighted by atomic mass is 10.1. The van der Waals surface area contributed by atoms with Gasteiger partial charge >= 0.3 is 0 Å². The predicted octanol–water partition coefficient (Wildman–Crippen LogP) is 1.07. The molecule has 1 heterocycles. The zero-order valence-corrected chi connectivity index (χ0v) is 11.3. The summed E-state index contributed by atoms with van der Waals surface area (Å²) >= 11 is 0. The van der Waals surface area contributed by atoms with Crippen LogP contribution in [-0.2, 0) is 0 Å². The average Bonchev–Trinajstić information content (AvgIpc) is 2.67. The Labute approximate surface area is 117 Å². The Hall–Kier alpha value is -1.53. The summed E-state index contributed by atoms with van der Waals surface area (Å²) in [5.74, 6) is -1.73. The topological polar surface area (TPSA) is 49.6 Å². The summed E-state index contributed by atoms with van der Waals surface area (Å²) in [6, 6.07) is 2.96. The van der Waals surface area contributed by atoms with Gasteiger partial charge in [0.25, 0.3) is 5.91 Å². The van der Waals surface area contributed by atoms with Crippen molar-refractivity contribution in [3.63, 3.8) is 0 Å². The lowest BCUT2D eigenvalue weighted by Gasteiger charge is -2.21. The van der Waals surface area contributed by atoms with E-state index in [4.69, 9.17) is 5.73 Å². The SMILES string of the molecule is NCCN1CCCN(C(=O)c2cc(F)ccc2F)CC1. The fourth-order valence-corrected chi connectivity index (χ4v) is 2.41. The molecule has 0 spiro atoms. The van der Waals surface area contributed by atoms with Gasteiger partial charge in [-0.2, -0.15) is 0 Å². The average molecular weight is 283 g/mol. The second-order valence-corrected chi connectivity index (χ2v) is 4.90. The zero-order chi connectivity index (χ0) is 14.5. The van der Waals surface area contributed by atoms with Crippen LogP contribution in [0.3, 0.4) is 0 Å². The lowest BCUT2D eigenvalue weighted by molar-refractivity contribution is 0.0756. The fraction of sp³-hybridized carbons (Fsp3) is 0.500. The summed E-state index contributed by atoms with van der Waals surface area (Å²) in [4.78, 5) is 16.0. The van der Waals surface area contributed by atoms with Gasteiger partial charge in [0.1, 0.15) is 11.6 Å². The number of halogens is 2. The molecule has 0 unspecified atom stereocenters. The van der Waals surface area contributed by atoms with Gasteiger partial charge in [0, 0.05) is 32.7 Å². The normalized spacial score (nSPS) is 17.1. The number of hydrogen-bond acceptors (Lipinski definition) is 3. The number of carbonyl (C=O) groups is 1. The Morgan fingerprint density at radius 3 is 2.75 bits per heavy atom. The maximum absolute atomic E-state index is 13.6. The fourth-order valence-electron chi connectivity index (χ4n) is 2.41. The van der Waals surface area contributed by atoms with Gasteiger partial charge < -0.3 is 15.5 Å². The van der Waals surface area contributed by atoms with Crippen molar-refractivity contribution in [2.24, 2.45) is 5.73 Å². The summed E-state index contributed by atoms with van der Waals surface area (Å²) in [7, 11) is 0. The third-order valence-corrected chi connectivity index (χ3v) is 3.48. The molecule has 1 saturated heterocycles. The van der Waals surface area contributed by atoms with E-state index in [0.717, 1.165) is 37.7 Å². The maximum Gasteiger partial charge on any atom is 0.256 e. The van der Waals surface area contributed by atoms with E-state index in [-0.39, 0.29) is 5.56 Å². The molecule has 1 aromatic rings. The van der Waals surface area contributed by atoms with E-state index in [1.165, 1.54) is 0 Å². The lowest BCUT2D eigenvalue weighted by Crippen LogP contribution is -2.36. The monoisotopic (exact) mass is 283 g/mol. The molecule has 1 fully saturated rings. The van der Waals surface area contributed by atoms with E-state index in [1.54, 1.807) is 4.90 Å². The van der Waals surface area contributed by atoms with E-state index in [2.05, 4.69) is 4.90 Å². The molecule has 0 radical (unpaired) electrons. The number of benzene rings is 1. The number of nitrogens with zero attached hydrogens (tertiary/aromatic N) is 2. The van der Waals surface area contributed by atoms with Crippen LogP contribution < -0.4 is 5.73 Å². The molecular weight excluding hydrogens is 264 g/mol. The predicted molar refractivity (Wildman–Crippen MR) is 72.4 cm³/mol. The molecule has 1 aliphatic rings. The third kappa shape index (κ3) is 3.52. The van der Waals surface area contributed by atoms with Gasteiger partial charge in [-0.3, -0.25) is 4.79 Å². The Bertz CT molecular complexity index is 481. The smallest absolute Gasteiger partial charge is 0.256 e. The first-order chi connectivity index (χ1) is 9.61. The van der Waals surface area contributed by atoms with Crippen molar-refractivity contribution in [1.82, 2.24) is 9.80 Å². The molecule has 1 amide bonds. The van der Waals surface area contributed by atoms with Crippen molar-refractivity contribution in [1.29, 1.82) is 0 Å². The van der Waals surface area contributed by atoms with E-state index in [1.807, 2.05) is 0 Å². The second-order valence-electron chi connectivity index (χ2n) is 4.90. The highest BCUT2D eigenvalue weighted by molar-refractivity contribution is 5.94. The van der Waals surface area contributed by atoms with Gasteiger partial charge in [-0.25, -0.2) is 8.78 Å². The Kier molecular flexibility index (Phi) is 5.03. The van der Waals surface area contributed by atoms with Gasteiger partial charge in [0.2, 0.25) is 0 Å². The van der Waals surface area contributed by atoms with Crippen molar-refractivity contribution in [3.8, 4) is 0 Å². The highest BCUT2D eigenvalue weighted by atomic mass is 19.1. The van der Waals surface area contributed by atoms with E-state index >= 15 is 0 Å². The summed E-state index contributed by atoms with van der Waals surface area (Å²) < 4.78 is 26.8. The largest absolute Gasteiger partial charge is 0.337 e. The van der Waals surface area contributed by atoms with Crippen molar-refractivity contribution in [2.45, 2.75) is 6.42 Å². The number of hydrogen-bond donors (Lipinski definition) is 1. The maximum atomic E-state index is 13.6. The Morgan fingerprint density at radius 2 is 2.00 bits per heavy atom. The summed E-state index contributed by atoms with van der Waals surface area (Å²) in [5.41, 5.74) is 5.32. The van der Waals surface area contributed by atoms with Crippen LogP contribution in [0.15, 0.2) is 18.2 Å². The first kappa shape index (κ1) is 14.9. The molecule has 0 atom stereocenters. The minimum Gasteiger partial charge on any atom is -0.337 e. The van der Waals surface area contributed by atoms with Gasteiger partial charge in [0.05, 0.1) is 5.56 Å². The summed E-state index contributed by atoms with van der Waals surface area (Å²) in [5, 5.41) is 0. The molecule has 4 nitrogen and oxygen atoms in total. The first-order valence-electron chi connectivity index (χ1n) is 6.78. The molecule has 110 valence electrons. The highest BCUT2D eigenvalue weighted by Crippen LogP contribution is 2.14. The second kappa shape index (κ2) is 6.76. The van der Waals surface area contributed by atoms with Gasteiger partial charge in [-0.15, -0.1) is 0 Å². The van der Waals surface area contributed by atoms with Crippen LogP contribution in [0.25, 0.3) is 0 Å². The molecule has 1 aliphatic heterocycles. The Balaban J connectivity index is 2.07. The highest BCUT2D eigenvalue weighted by Gasteiger charge is 2.22. The van der Waals surface area contributed by atoms with Crippen LogP contribution in [0.5, 0.6) is 0 Å². The minimum absolute atomic E-state index is 0.197. The quantitative estimate of drug-likeness (QED) is 0.903. The molecule has 6 heteroatoms. The van der Waals surface area contributed by atoms with Crippen LogP contribution in [0, 0.1) is 11.6 Å². The van der Waals surface area contributed by atoms with Crippen LogP contribution in [-0.4, -0.2) is 55.0 Å². The van der Waals surface area contributed by atoms with Gasteiger partial charge in [0.15, 0.2) is 0 Å². The molecule has 2 N–H and O–H groups in total. The summed E-state index contributed by atoms with van der Waals surface area (Å²) in [6.07, 6.45) is 0.808. The molecule has 0 aliphatic carbocycles. The van der Waals surface area contributed by atoms with Crippen molar-refractivity contribution in [2.75, 3.05) is 39.3 Å². The zero-order valence-electron chi connectivity index (χ0n) is 11.3. The molecule has 0 bridgehead atoms. The van der Waals surface area contributed by atoms with Crippen LogP contribution in [0.4, 0.5) is 8.78 Å². The molecular formula is C14H19F2N3O. The van der Waals surface area contributed by atoms with E-state index in [9.17, 15) is 13.6 Å². The Morgan fingerprint density at radius 1 is 1.20 bits per heavy atom. The third-order valence-electron chi connectivity index (χ3n) is 3.48. The van der Waals surface area contributed by atoms with E-state index < -0.39 is 17.5 Å². The van der Waals surface area contributed by atoms with Crippen molar-refractivity contribution in [3.05, 3.63) is 35.4 Å². The molecule has 0 saturated carbocycles. The van der Waals surface area contributed by atoms with Gasteiger partial charge in [-0.05, 0) is 31.2 Å². The minimum atomic E-state index is -0.681. The van der Waals surface area contributed by atoms with Crippen LogP contribution in [0.1, 0.15) is 16.8 Å². The number of carbonyl (C=O) groups excluding carboxylic acids is 1. The molecule has 1 aromatic carbocycles. The first-order valence-corrected chi connectivity index (χ1v) is 6.78. The molecule has 0 aromatic heterocycles.